The molecule has 0 spiro atoms. The summed E-state index contributed by atoms with van der Waals surface area (Å²) in [5.41, 5.74) is 3.18. The number of aromatic nitrogens is 1. The first-order chi connectivity index (χ1) is 13.1. The van der Waals surface area contributed by atoms with Gasteiger partial charge >= 0.3 is 6.03 Å². The minimum Gasteiger partial charge on any atom is -0.494 e. The van der Waals surface area contributed by atoms with E-state index in [-0.39, 0.29) is 6.03 Å². The van der Waals surface area contributed by atoms with Crippen LogP contribution in [0.2, 0.25) is 0 Å². The Hall–Kier alpha value is -3.27. The van der Waals surface area contributed by atoms with Gasteiger partial charge in [-0.1, -0.05) is 6.07 Å². The molecule has 0 bridgehead atoms. The molecule has 2 aromatic rings. The maximum Gasteiger partial charge on any atom is 0.321 e. The normalized spacial score (nSPS) is 13.8. The molecular weight excluding hydrogens is 342 g/mol. The van der Waals surface area contributed by atoms with Crippen molar-refractivity contribution in [3.63, 3.8) is 0 Å². The van der Waals surface area contributed by atoms with Crippen molar-refractivity contribution in [2.45, 2.75) is 13.8 Å². The summed E-state index contributed by atoms with van der Waals surface area (Å²) in [6, 6.07) is 9.43. The Balaban J connectivity index is 1.60. The highest BCUT2D eigenvalue weighted by molar-refractivity contribution is 5.89. The average Bonchev–Trinajstić information content (AvgIpc) is 2.70. The monoisotopic (exact) mass is 365 g/mol. The first-order valence-corrected chi connectivity index (χ1v) is 9.00. The highest BCUT2D eigenvalue weighted by Crippen LogP contribution is 2.24. The van der Waals surface area contributed by atoms with Crippen molar-refractivity contribution in [1.82, 2.24) is 9.88 Å². The van der Waals surface area contributed by atoms with Crippen LogP contribution in [0.25, 0.3) is 0 Å². The second-order valence-electron chi connectivity index (χ2n) is 6.32. The molecule has 2 amide bonds. The average molecular weight is 365 g/mol. The molecule has 1 aliphatic heterocycles. The molecule has 0 atom stereocenters. The zero-order chi connectivity index (χ0) is 19.2. The Bertz CT molecular complexity index is 854. The Morgan fingerprint density at radius 2 is 2.07 bits per heavy atom. The number of nitrogens with zero attached hydrogens (tertiary/aromatic N) is 4. The molecule has 0 radical (unpaired) electrons. The van der Waals surface area contributed by atoms with Crippen molar-refractivity contribution in [3.05, 3.63) is 47.8 Å². The number of carbonyl (C=O) groups excluding carboxylic acids is 1. The number of aryl methyl sites for hydroxylation is 1. The highest BCUT2D eigenvalue weighted by Gasteiger charge is 2.23. The van der Waals surface area contributed by atoms with E-state index < -0.39 is 0 Å². The van der Waals surface area contributed by atoms with Crippen molar-refractivity contribution >= 4 is 17.4 Å². The van der Waals surface area contributed by atoms with Crippen molar-refractivity contribution in [1.29, 1.82) is 5.26 Å². The van der Waals surface area contributed by atoms with Crippen molar-refractivity contribution < 1.29 is 9.53 Å². The molecule has 1 aliphatic rings. The number of anilines is 2. The Kier molecular flexibility index (Phi) is 5.77. The standard InChI is InChI=1S/C20H23N5O2/c1-3-27-19-12-17(5-4-15(19)2)23-20(26)25-10-8-24(9-11-25)18-14-22-7-6-16(18)13-21/h4-7,12,14H,3,8-11H2,1-2H3,(H,23,26). The molecule has 1 aromatic carbocycles. The molecule has 140 valence electrons. The topological polar surface area (TPSA) is 81.5 Å². The third-order valence-corrected chi connectivity index (χ3v) is 4.57. The number of nitrogens with one attached hydrogen (secondary N) is 1. The summed E-state index contributed by atoms with van der Waals surface area (Å²) in [6.07, 6.45) is 3.32. The summed E-state index contributed by atoms with van der Waals surface area (Å²) in [7, 11) is 0. The number of hydrogen-bond acceptors (Lipinski definition) is 5. The van der Waals surface area contributed by atoms with E-state index in [0.717, 1.165) is 22.7 Å². The van der Waals surface area contributed by atoms with Crippen LogP contribution < -0.4 is 15.0 Å². The fourth-order valence-corrected chi connectivity index (χ4v) is 3.07. The number of urea groups is 1. The molecule has 1 saturated heterocycles. The van der Waals surface area contributed by atoms with Gasteiger partial charge in [-0.2, -0.15) is 5.26 Å². The molecule has 2 heterocycles. The van der Waals surface area contributed by atoms with Crippen LogP contribution in [0.3, 0.4) is 0 Å². The van der Waals surface area contributed by atoms with Crippen LogP contribution in [-0.4, -0.2) is 48.7 Å². The number of carbonyl (C=O) groups is 1. The lowest BCUT2D eigenvalue weighted by Crippen LogP contribution is -2.50. The van der Waals surface area contributed by atoms with E-state index >= 15 is 0 Å². The zero-order valence-corrected chi connectivity index (χ0v) is 15.6. The number of hydrogen-bond donors (Lipinski definition) is 1. The molecular formula is C20H23N5O2. The Morgan fingerprint density at radius 1 is 1.30 bits per heavy atom. The number of nitriles is 1. The number of piperazine rings is 1. The number of benzene rings is 1. The maximum absolute atomic E-state index is 12.6. The van der Waals surface area contributed by atoms with Crippen molar-refractivity contribution in [2.75, 3.05) is 43.0 Å². The second kappa shape index (κ2) is 8.41. The number of pyridine rings is 1. The van der Waals surface area contributed by atoms with Gasteiger partial charge < -0.3 is 19.9 Å². The highest BCUT2D eigenvalue weighted by atomic mass is 16.5. The fourth-order valence-electron chi connectivity index (χ4n) is 3.07. The van der Waals surface area contributed by atoms with Gasteiger partial charge in [0, 0.05) is 44.1 Å². The van der Waals surface area contributed by atoms with Gasteiger partial charge in [-0.3, -0.25) is 4.98 Å². The summed E-state index contributed by atoms with van der Waals surface area (Å²) in [6.45, 7) is 6.97. The molecule has 7 nitrogen and oxygen atoms in total. The summed E-state index contributed by atoms with van der Waals surface area (Å²) in [5.74, 6) is 0.778. The largest absolute Gasteiger partial charge is 0.494 e. The summed E-state index contributed by atoms with van der Waals surface area (Å²) in [5, 5.41) is 12.2. The molecule has 0 aliphatic carbocycles. The fraction of sp³-hybridized carbons (Fsp3) is 0.350. The predicted molar refractivity (Wildman–Crippen MR) is 104 cm³/mol. The van der Waals surface area contributed by atoms with Gasteiger partial charge in [0.05, 0.1) is 24.1 Å². The van der Waals surface area contributed by atoms with Gasteiger partial charge in [0.15, 0.2) is 0 Å². The molecule has 1 fully saturated rings. The molecule has 27 heavy (non-hydrogen) atoms. The Morgan fingerprint density at radius 3 is 2.78 bits per heavy atom. The molecule has 1 aromatic heterocycles. The van der Waals surface area contributed by atoms with E-state index in [1.807, 2.05) is 32.0 Å². The van der Waals surface area contributed by atoms with Crippen LogP contribution in [0, 0.1) is 18.3 Å². The molecule has 1 N–H and O–H groups in total. The quantitative estimate of drug-likeness (QED) is 0.901. The SMILES string of the molecule is CCOc1cc(NC(=O)N2CCN(c3cnccc3C#N)CC2)ccc1C. The van der Waals surface area contributed by atoms with Crippen LogP contribution in [-0.2, 0) is 0 Å². The first kappa shape index (κ1) is 18.5. The first-order valence-electron chi connectivity index (χ1n) is 9.00. The molecule has 0 unspecified atom stereocenters. The van der Waals surface area contributed by atoms with Gasteiger partial charge in [-0.15, -0.1) is 0 Å². The van der Waals surface area contributed by atoms with Gasteiger partial charge in [0.1, 0.15) is 11.8 Å². The van der Waals surface area contributed by atoms with Gasteiger partial charge in [-0.25, -0.2) is 4.79 Å². The number of amides is 2. The van der Waals surface area contributed by atoms with Gasteiger partial charge in [0.25, 0.3) is 0 Å². The van der Waals surface area contributed by atoms with E-state index in [1.54, 1.807) is 23.4 Å². The summed E-state index contributed by atoms with van der Waals surface area (Å²) < 4.78 is 5.59. The minimum absolute atomic E-state index is 0.132. The van der Waals surface area contributed by atoms with Crippen molar-refractivity contribution in [2.24, 2.45) is 0 Å². The smallest absolute Gasteiger partial charge is 0.321 e. The lowest BCUT2D eigenvalue weighted by molar-refractivity contribution is 0.208. The Labute approximate surface area is 159 Å². The van der Waals surface area contributed by atoms with E-state index in [0.29, 0.717) is 38.3 Å². The number of rotatable bonds is 4. The van der Waals surface area contributed by atoms with Crippen LogP contribution in [0.5, 0.6) is 5.75 Å². The summed E-state index contributed by atoms with van der Waals surface area (Å²) >= 11 is 0. The minimum atomic E-state index is -0.132. The van der Waals surface area contributed by atoms with Crippen LogP contribution >= 0.6 is 0 Å². The van der Waals surface area contributed by atoms with Gasteiger partial charge in [0.2, 0.25) is 0 Å². The van der Waals surface area contributed by atoms with Crippen LogP contribution in [0.1, 0.15) is 18.1 Å². The van der Waals surface area contributed by atoms with Crippen molar-refractivity contribution in [3.8, 4) is 11.8 Å². The van der Waals surface area contributed by atoms with Crippen LogP contribution in [0.4, 0.5) is 16.2 Å². The van der Waals surface area contributed by atoms with Crippen LogP contribution in [0.15, 0.2) is 36.7 Å². The predicted octanol–water partition coefficient (Wildman–Crippen LogP) is 3.01. The van der Waals surface area contributed by atoms with E-state index in [4.69, 9.17) is 4.74 Å². The van der Waals surface area contributed by atoms with E-state index in [1.165, 1.54) is 0 Å². The molecule has 7 heteroatoms. The second-order valence-corrected chi connectivity index (χ2v) is 6.32. The summed E-state index contributed by atoms with van der Waals surface area (Å²) in [4.78, 5) is 20.6. The molecule has 0 saturated carbocycles. The number of ether oxygens (including phenoxy) is 1. The zero-order valence-electron chi connectivity index (χ0n) is 15.6. The van der Waals surface area contributed by atoms with E-state index in [9.17, 15) is 10.1 Å². The maximum atomic E-state index is 12.6. The lowest BCUT2D eigenvalue weighted by Gasteiger charge is -2.36. The molecule has 3 rings (SSSR count). The third kappa shape index (κ3) is 4.29. The van der Waals surface area contributed by atoms with Gasteiger partial charge in [-0.05, 0) is 31.5 Å². The van der Waals surface area contributed by atoms with E-state index in [2.05, 4.69) is 21.3 Å². The lowest BCUT2D eigenvalue weighted by atomic mass is 10.2. The third-order valence-electron chi connectivity index (χ3n) is 4.57.